The lowest BCUT2D eigenvalue weighted by Gasteiger charge is -2.11. The van der Waals surface area contributed by atoms with Gasteiger partial charge in [-0.3, -0.25) is 14.6 Å². The zero-order valence-electron chi connectivity index (χ0n) is 20.5. The van der Waals surface area contributed by atoms with Gasteiger partial charge in [-0.15, -0.1) is 0 Å². The smallest absolute Gasteiger partial charge is 0.404 e. The number of aromatic amines is 1. The van der Waals surface area contributed by atoms with Gasteiger partial charge in [-0.2, -0.15) is 0 Å². The Morgan fingerprint density at radius 1 is 0.923 bits per heavy atom. The minimum Gasteiger partial charge on any atom is -0.465 e. The number of ether oxygens (including phenoxy) is 1. The van der Waals surface area contributed by atoms with Crippen LogP contribution in [0, 0.1) is 18.6 Å². The van der Waals surface area contributed by atoms with Crippen molar-refractivity contribution in [3.63, 3.8) is 0 Å². The number of rotatable bonds is 9. The van der Waals surface area contributed by atoms with Crippen molar-refractivity contribution in [2.45, 2.75) is 6.92 Å². The second-order valence-corrected chi connectivity index (χ2v) is 8.35. The Balaban J connectivity index is 1.46. The Bertz CT molecular complexity index is 1540. The number of hydrogen-bond acceptors (Lipinski definition) is 5. The highest BCUT2D eigenvalue weighted by atomic mass is 19.1. The molecule has 0 aliphatic heterocycles. The molecule has 0 radical (unpaired) electrons. The van der Waals surface area contributed by atoms with E-state index >= 15 is 0 Å². The van der Waals surface area contributed by atoms with E-state index in [2.05, 4.69) is 25.9 Å². The number of H-pyrrole nitrogens is 1. The molecule has 3 amide bonds. The molecule has 0 aliphatic carbocycles. The van der Waals surface area contributed by atoms with Crippen molar-refractivity contribution in [1.29, 1.82) is 0 Å². The highest BCUT2D eigenvalue weighted by Gasteiger charge is 2.15. The number of hydrogen-bond donors (Lipinski definition) is 5. The van der Waals surface area contributed by atoms with Crippen LogP contribution >= 0.6 is 0 Å². The van der Waals surface area contributed by atoms with E-state index in [0.29, 0.717) is 17.0 Å². The number of carbonyl (C=O) groups excluding carboxylic acids is 2. The van der Waals surface area contributed by atoms with Crippen LogP contribution in [0.25, 0.3) is 11.4 Å². The maximum absolute atomic E-state index is 14.5. The third-order valence-corrected chi connectivity index (χ3v) is 5.43. The topological polar surface area (TPSA) is 145 Å². The maximum Gasteiger partial charge on any atom is 0.404 e. The Kier molecular flexibility index (Phi) is 8.15. The molecule has 5 N–H and O–H groups in total. The fourth-order valence-corrected chi connectivity index (χ4v) is 3.52. The number of benzene rings is 2. The molecule has 0 saturated heterocycles. The summed E-state index contributed by atoms with van der Waals surface area (Å²) in [6.45, 7) is 1.92. The summed E-state index contributed by atoms with van der Waals surface area (Å²) in [6.07, 6.45) is 1.70. The predicted octanol–water partition coefficient (Wildman–Crippen LogP) is 4.71. The Morgan fingerprint density at radius 3 is 2.49 bits per heavy atom. The average Bonchev–Trinajstić information content (AvgIpc) is 3.41. The summed E-state index contributed by atoms with van der Waals surface area (Å²) in [6, 6.07) is 12.4. The van der Waals surface area contributed by atoms with E-state index < -0.39 is 29.5 Å². The van der Waals surface area contributed by atoms with E-state index in [1.54, 1.807) is 19.1 Å². The van der Waals surface area contributed by atoms with Gasteiger partial charge in [-0.25, -0.2) is 13.6 Å². The molecule has 12 heteroatoms. The van der Waals surface area contributed by atoms with Crippen LogP contribution in [0.1, 0.15) is 26.3 Å². The lowest BCUT2D eigenvalue weighted by atomic mass is 10.1. The van der Waals surface area contributed by atoms with Crippen molar-refractivity contribution in [2.75, 3.05) is 18.4 Å². The third-order valence-electron chi connectivity index (χ3n) is 5.43. The molecule has 4 rings (SSSR count). The minimum atomic E-state index is -1.19. The fraction of sp³-hybridized carbons (Fsp3) is 0.111. The molecule has 0 spiro atoms. The lowest BCUT2D eigenvalue weighted by Crippen LogP contribution is -2.33. The number of aromatic nitrogens is 2. The summed E-state index contributed by atoms with van der Waals surface area (Å²) < 4.78 is 34.3. The molecule has 10 nitrogen and oxygen atoms in total. The van der Waals surface area contributed by atoms with Crippen LogP contribution in [-0.2, 0) is 0 Å². The van der Waals surface area contributed by atoms with Gasteiger partial charge >= 0.3 is 6.09 Å². The van der Waals surface area contributed by atoms with Gasteiger partial charge in [0, 0.05) is 37.1 Å². The van der Waals surface area contributed by atoms with Gasteiger partial charge in [-0.05, 0) is 55.0 Å². The first-order valence-corrected chi connectivity index (χ1v) is 11.6. The van der Waals surface area contributed by atoms with Crippen molar-refractivity contribution in [2.24, 2.45) is 0 Å². The quantitative estimate of drug-likeness (QED) is 0.196. The molecule has 2 aromatic heterocycles. The second-order valence-electron chi connectivity index (χ2n) is 8.35. The normalized spacial score (nSPS) is 10.5. The van der Waals surface area contributed by atoms with Crippen molar-refractivity contribution >= 4 is 23.6 Å². The SMILES string of the molecule is Cc1ccc(F)c(NC(=O)c2ccc(F)c(Oc3ccnc(-c4cc(C(=O)NCCNC(=O)O)c[nH]4)c3)c2)c1. The molecule has 39 heavy (non-hydrogen) atoms. The molecule has 0 aliphatic rings. The monoisotopic (exact) mass is 535 g/mol. The summed E-state index contributed by atoms with van der Waals surface area (Å²) in [5, 5.41) is 15.8. The molecule has 0 atom stereocenters. The van der Waals surface area contributed by atoms with Gasteiger partial charge in [-0.1, -0.05) is 6.07 Å². The van der Waals surface area contributed by atoms with E-state index in [9.17, 15) is 23.2 Å². The number of amides is 3. The van der Waals surface area contributed by atoms with Crippen LogP contribution in [0.4, 0.5) is 19.3 Å². The standard InChI is InChI=1S/C27H23F2N5O5/c1-15-2-4-19(28)21(10-15)34-26(36)16-3-5-20(29)24(12-16)39-18-6-7-30-23(13-18)22-11-17(14-33-22)25(35)31-8-9-32-27(37)38/h2-7,10-14,32-33H,8-9H2,1H3,(H,31,35)(H,34,36)(H,37,38). The summed E-state index contributed by atoms with van der Waals surface area (Å²) in [5.41, 5.74) is 1.97. The zero-order chi connectivity index (χ0) is 27.9. The van der Waals surface area contributed by atoms with E-state index in [1.165, 1.54) is 48.8 Å². The van der Waals surface area contributed by atoms with Gasteiger partial charge in [0.15, 0.2) is 11.6 Å². The number of pyridine rings is 1. The lowest BCUT2D eigenvalue weighted by molar-refractivity contribution is 0.0952. The van der Waals surface area contributed by atoms with Gasteiger partial charge in [0.25, 0.3) is 11.8 Å². The number of carbonyl (C=O) groups is 3. The average molecular weight is 536 g/mol. The molecule has 2 heterocycles. The largest absolute Gasteiger partial charge is 0.465 e. The first-order chi connectivity index (χ1) is 18.7. The second kappa shape index (κ2) is 11.9. The Morgan fingerprint density at radius 2 is 1.69 bits per heavy atom. The van der Waals surface area contributed by atoms with Crippen LogP contribution in [0.5, 0.6) is 11.5 Å². The molecule has 0 unspecified atom stereocenters. The van der Waals surface area contributed by atoms with E-state index in [4.69, 9.17) is 9.84 Å². The molecule has 4 aromatic rings. The first-order valence-electron chi connectivity index (χ1n) is 11.6. The summed E-state index contributed by atoms with van der Waals surface area (Å²) >= 11 is 0. The van der Waals surface area contributed by atoms with Crippen LogP contribution in [-0.4, -0.2) is 46.1 Å². The number of halogens is 2. The molecular formula is C27H23F2N5O5. The van der Waals surface area contributed by atoms with Gasteiger partial charge < -0.3 is 30.8 Å². The van der Waals surface area contributed by atoms with Crippen LogP contribution in [0.15, 0.2) is 67.0 Å². The van der Waals surface area contributed by atoms with Crippen molar-refractivity contribution < 1.29 is 33.0 Å². The molecule has 2 aromatic carbocycles. The number of anilines is 1. The van der Waals surface area contributed by atoms with Gasteiger partial charge in [0.1, 0.15) is 11.6 Å². The van der Waals surface area contributed by atoms with Crippen LogP contribution in [0.3, 0.4) is 0 Å². The molecule has 200 valence electrons. The van der Waals surface area contributed by atoms with Crippen molar-refractivity contribution in [3.05, 3.63) is 95.3 Å². The number of nitrogens with zero attached hydrogens (tertiary/aromatic N) is 1. The summed E-state index contributed by atoms with van der Waals surface area (Å²) in [4.78, 5) is 42.6. The van der Waals surface area contributed by atoms with Crippen molar-refractivity contribution in [3.8, 4) is 22.9 Å². The van der Waals surface area contributed by atoms with Crippen LogP contribution < -0.4 is 20.7 Å². The predicted molar refractivity (Wildman–Crippen MR) is 138 cm³/mol. The first kappa shape index (κ1) is 26.8. The van der Waals surface area contributed by atoms with E-state index in [1.807, 2.05) is 0 Å². The number of nitrogens with one attached hydrogen (secondary N) is 4. The number of aryl methyl sites for hydroxylation is 1. The molecular weight excluding hydrogens is 512 g/mol. The highest BCUT2D eigenvalue weighted by Crippen LogP contribution is 2.29. The maximum atomic E-state index is 14.5. The number of carboxylic acid groups (broad SMARTS) is 1. The molecule has 0 fully saturated rings. The van der Waals surface area contributed by atoms with E-state index in [-0.39, 0.29) is 35.8 Å². The summed E-state index contributed by atoms with van der Waals surface area (Å²) in [5.74, 6) is -2.40. The fourth-order valence-electron chi connectivity index (χ4n) is 3.52. The van der Waals surface area contributed by atoms with Crippen molar-refractivity contribution in [1.82, 2.24) is 20.6 Å². The summed E-state index contributed by atoms with van der Waals surface area (Å²) in [7, 11) is 0. The Labute approximate surface area is 221 Å². The van der Waals surface area contributed by atoms with Crippen LogP contribution in [0.2, 0.25) is 0 Å². The van der Waals surface area contributed by atoms with Gasteiger partial charge in [0.2, 0.25) is 0 Å². The molecule has 0 bridgehead atoms. The Hall–Kier alpha value is -5.26. The zero-order valence-corrected chi connectivity index (χ0v) is 20.5. The molecule has 0 saturated carbocycles. The highest BCUT2D eigenvalue weighted by molar-refractivity contribution is 6.04. The minimum absolute atomic E-state index is 0.00138. The third kappa shape index (κ3) is 6.95. The van der Waals surface area contributed by atoms with Gasteiger partial charge in [0.05, 0.1) is 22.6 Å². The van der Waals surface area contributed by atoms with E-state index in [0.717, 1.165) is 11.6 Å².